The fourth-order valence-electron chi connectivity index (χ4n) is 2.64. The first-order chi connectivity index (χ1) is 11.6. The van der Waals surface area contributed by atoms with Gasteiger partial charge in [0.2, 0.25) is 0 Å². The number of halogens is 1. The molecule has 1 aliphatic rings. The highest BCUT2D eigenvalue weighted by molar-refractivity contribution is 7.99. The van der Waals surface area contributed by atoms with E-state index in [4.69, 9.17) is 0 Å². The first-order valence-corrected chi connectivity index (χ1v) is 8.47. The van der Waals surface area contributed by atoms with Crippen LogP contribution in [0.25, 0.3) is 11.4 Å². The summed E-state index contributed by atoms with van der Waals surface area (Å²) in [5.74, 6) is 0.0539. The first kappa shape index (κ1) is 15.1. The summed E-state index contributed by atoms with van der Waals surface area (Å²) >= 11 is 1.53. The Bertz CT molecular complexity index is 903. The van der Waals surface area contributed by atoms with Gasteiger partial charge in [0.15, 0.2) is 11.0 Å². The van der Waals surface area contributed by atoms with Crippen LogP contribution in [0.3, 0.4) is 0 Å². The van der Waals surface area contributed by atoms with Gasteiger partial charge in [0.1, 0.15) is 5.82 Å². The van der Waals surface area contributed by atoms with Crippen LogP contribution in [-0.4, -0.2) is 20.7 Å². The van der Waals surface area contributed by atoms with Crippen molar-refractivity contribution in [1.82, 2.24) is 14.8 Å². The molecule has 0 N–H and O–H groups in total. The van der Waals surface area contributed by atoms with Crippen molar-refractivity contribution in [2.45, 2.75) is 23.8 Å². The van der Waals surface area contributed by atoms with Crippen molar-refractivity contribution >= 4 is 17.7 Å². The highest BCUT2D eigenvalue weighted by Crippen LogP contribution is 2.41. The Labute approximate surface area is 142 Å². The Morgan fingerprint density at radius 1 is 1.12 bits per heavy atom. The van der Waals surface area contributed by atoms with Gasteiger partial charge < -0.3 is 0 Å². The van der Waals surface area contributed by atoms with Gasteiger partial charge in [-0.1, -0.05) is 41.6 Å². The Morgan fingerprint density at radius 2 is 1.83 bits per heavy atom. The average molecular weight is 339 g/mol. The third-order valence-corrected chi connectivity index (χ3v) is 5.17. The van der Waals surface area contributed by atoms with E-state index in [1.165, 1.54) is 34.1 Å². The summed E-state index contributed by atoms with van der Waals surface area (Å²) in [6, 6.07) is 14.1. The number of aromatic nitrogens is 3. The standard InChI is InChI=1S/C18H14FN3OS/c1-11-2-4-12(5-3-11)15-10-16(23)22-18(24-15)20-17(21-22)13-6-8-14(19)9-7-13/h2-9,15H,10H2,1H3/t15-/m0/s1. The molecule has 4 nitrogen and oxygen atoms in total. The van der Waals surface area contributed by atoms with Gasteiger partial charge in [-0.15, -0.1) is 5.10 Å². The highest BCUT2D eigenvalue weighted by atomic mass is 32.2. The molecule has 0 unspecified atom stereocenters. The van der Waals surface area contributed by atoms with Crippen LogP contribution in [-0.2, 0) is 0 Å². The molecule has 1 aliphatic heterocycles. The van der Waals surface area contributed by atoms with Gasteiger partial charge in [-0.3, -0.25) is 4.79 Å². The summed E-state index contributed by atoms with van der Waals surface area (Å²) in [4.78, 5) is 16.9. The van der Waals surface area contributed by atoms with E-state index in [9.17, 15) is 9.18 Å². The summed E-state index contributed by atoms with van der Waals surface area (Å²) in [7, 11) is 0. The second-order valence-corrected chi connectivity index (χ2v) is 6.92. The maximum Gasteiger partial charge on any atom is 0.250 e. The Balaban J connectivity index is 1.66. The van der Waals surface area contributed by atoms with Gasteiger partial charge in [0, 0.05) is 17.2 Å². The highest BCUT2D eigenvalue weighted by Gasteiger charge is 2.30. The Morgan fingerprint density at radius 3 is 2.54 bits per heavy atom. The van der Waals surface area contributed by atoms with Crippen LogP contribution in [0.4, 0.5) is 4.39 Å². The number of benzene rings is 2. The molecule has 0 radical (unpaired) electrons. The van der Waals surface area contributed by atoms with Gasteiger partial charge in [-0.2, -0.15) is 4.68 Å². The third kappa shape index (κ3) is 2.73. The Hall–Kier alpha value is -2.47. The molecular formula is C18H14FN3OS. The number of aryl methyl sites for hydroxylation is 1. The number of hydrogen-bond donors (Lipinski definition) is 0. The zero-order valence-electron chi connectivity index (χ0n) is 12.9. The van der Waals surface area contributed by atoms with Crippen LogP contribution in [0.2, 0.25) is 0 Å². The number of carbonyl (C=O) groups excluding carboxylic acids is 1. The third-order valence-electron chi connectivity index (χ3n) is 3.97. The van der Waals surface area contributed by atoms with Gasteiger partial charge in [-0.05, 0) is 36.8 Å². The molecule has 0 saturated heterocycles. The van der Waals surface area contributed by atoms with E-state index in [0.29, 0.717) is 23.0 Å². The predicted octanol–water partition coefficient (Wildman–Crippen LogP) is 4.27. The molecule has 1 atom stereocenters. The maximum absolute atomic E-state index is 13.1. The molecular weight excluding hydrogens is 325 g/mol. The second-order valence-electron chi connectivity index (χ2n) is 5.75. The Kier molecular flexibility index (Phi) is 3.69. The zero-order valence-corrected chi connectivity index (χ0v) is 13.8. The summed E-state index contributed by atoms with van der Waals surface area (Å²) in [5, 5.41) is 4.90. The van der Waals surface area contributed by atoms with Crippen LogP contribution in [0.5, 0.6) is 0 Å². The van der Waals surface area contributed by atoms with Crippen molar-refractivity contribution in [3.05, 3.63) is 65.5 Å². The smallest absolute Gasteiger partial charge is 0.250 e. The van der Waals surface area contributed by atoms with Crippen molar-refractivity contribution in [2.75, 3.05) is 0 Å². The van der Waals surface area contributed by atoms with Gasteiger partial charge >= 0.3 is 0 Å². The average Bonchev–Trinajstić information content (AvgIpc) is 3.01. The molecule has 0 spiro atoms. The van der Waals surface area contributed by atoms with E-state index in [2.05, 4.69) is 10.1 Å². The minimum atomic E-state index is -0.312. The fourth-order valence-corrected chi connectivity index (χ4v) is 3.79. The van der Waals surface area contributed by atoms with E-state index in [-0.39, 0.29) is 17.0 Å². The minimum absolute atomic E-state index is 0.0378. The normalized spacial score (nSPS) is 16.9. The lowest BCUT2D eigenvalue weighted by atomic mass is 10.1. The SMILES string of the molecule is Cc1ccc([C@@H]2CC(=O)n3nc(-c4ccc(F)cc4)nc3S2)cc1. The summed E-state index contributed by atoms with van der Waals surface area (Å²) < 4.78 is 14.4. The summed E-state index contributed by atoms with van der Waals surface area (Å²) in [6.45, 7) is 2.04. The lowest BCUT2D eigenvalue weighted by molar-refractivity contribution is 0.0868. The first-order valence-electron chi connectivity index (χ1n) is 7.59. The molecule has 2 heterocycles. The van der Waals surface area contributed by atoms with Gasteiger partial charge in [0.05, 0.1) is 0 Å². The van der Waals surface area contributed by atoms with Crippen molar-refractivity contribution in [3.63, 3.8) is 0 Å². The molecule has 0 aliphatic carbocycles. The molecule has 0 amide bonds. The van der Waals surface area contributed by atoms with Crippen LogP contribution in [0.15, 0.2) is 53.7 Å². The fraction of sp³-hybridized carbons (Fsp3) is 0.167. The molecule has 0 bridgehead atoms. The van der Waals surface area contributed by atoms with Crippen molar-refractivity contribution in [3.8, 4) is 11.4 Å². The monoisotopic (exact) mass is 339 g/mol. The van der Waals surface area contributed by atoms with Crippen LogP contribution in [0, 0.1) is 12.7 Å². The number of nitrogens with zero attached hydrogens (tertiary/aromatic N) is 3. The second kappa shape index (κ2) is 5.87. The molecule has 6 heteroatoms. The minimum Gasteiger partial charge on any atom is -0.272 e. The molecule has 4 rings (SSSR count). The van der Waals surface area contributed by atoms with E-state index in [1.807, 2.05) is 31.2 Å². The largest absolute Gasteiger partial charge is 0.272 e. The van der Waals surface area contributed by atoms with E-state index in [0.717, 1.165) is 5.56 Å². The zero-order chi connectivity index (χ0) is 16.7. The quantitative estimate of drug-likeness (QED) is 0.699. The molecule has 120 valence electrons. The van der Waals surface area contributed by atoms with E-state index >= 15 is 0 Å². The van der Waals surface area contributed by atoms with Gasteiger partial charge in [-0.25, -0.2) is 9.37 Å². The van der Waals surface area contributed by atoms with Gasteiger partial charge in [0.25, 0.3) is 5.91 Å². The number of carbonyl (C=O) groups is 1. The van der Waals surface area contributed by atoms with Crippen LogP contribution >= 0.6 is 11.8 Å². The van der Waals surface area contributed by atoms with E-state index < -0.39 is 0 Å². The predicted molar refractivity (Wildman–Crippen MR) is 90.4 cm³/mol. The van der Waals surface area contributed by atoms with Crippen molar-refractivity contribution < 1.29 is 9.18 Å². The lowest BCUT2D eigenvalue weighted by Gasteiger charge is -2.20. The molecule has 0 fully saturated rings. The number of hydrogen-bond acceptors (Lipinski definition) is 4. The lowest BCUT2D eigenvalue weighted by Crippen LogP contribution is -2.20. The number of rotatable bonds is 2. The van der Waals surface area contributed by atoms with Crippen LogP contribution < -0.4 is 0 Å². The molecule has 24 heavy (non-hydrogen) atoms. The maximum atomic E-state index is 13.1. The van der Waals surface area contributed by atoms with Crippen molar-refractivity contribution in [1.29, 1.82) is 0 Å². The summed E-state index contributed by atoms with van der Waals surface area (Å²) in [5.41, 5.74) is 2.99. The molecule has 1 aromatic heterocycles. The molecule has 2 aromatic carbocycles. The topological polar surface area (TPSA) is 47.8 Å². The van der Waals surface area contributed by atoms with Crippen molar-refractivity contribution in [2.24, 2.45) is 0 Å². The van der Waals surface area contributed by atoms with Crippen LogP contribution in [0.1, 0.15) is 27.6 Å². The number of thioether (sulfide) groups is 1. The number of fused-ring (bicyclic) bond motifs is 1. The van der Waals surface area contributed by atoms with E-state index in [1.54, 1.807) is 12.1 Å². The summed E-state index contributed by atoms with van der Waals surface area (Å²) in [6.07, 6.45) is 0.382. The molecule has 3 aromatic rings. The molecule has 0 saturated carbocycles.